The quantitative estimate of drug-likeness (QED) is 0.549. The number of likely N-dealkylation sites (N-methyl/N-ethyl adjacent to an activating group) is 1. The Morgan fingerprint density at radius 2 is 1.72 bits per heavy atom. The molecular formula is C21H34N4O4. The topological polar surface area (TPSA) is 106 Å². The molecule has 0 spiro atoms. The lowest BCUT2D eigenvalue weighted by Gasteiger charge is -2.28. The third-order valence-electron chi connectivity index (χ3n) is 3.72. The number of hydrogen-bond acceptors (Lipinski definition) is 5. The second-order valence-electron chi connectivity index (χ2n) is 8.99. The van der Waals surface area contributed by atoms with Gasteiger partial charge in [-0.15, -0.1) is 4.99 Å². The molecule has 0 saturated heterocycles. The van der Waals surface area contributed by atoms with E-state index in [0.717, 1.165) is 10.5 Å². The van der Waals surface area contributed by atoms with Crippen molar-refractivity contribution in [1.29, 1.82) is 0 Å². The normalized spacial score (nSPS) is 20.0. The summed E-state index contributed by atoms with van der Waals surface area (Å²) in [4.78, 5) is 29.7. The predicted molar refractivity (Wildman–Crippen MR) is 115 cm³/mol. The highest BCUT2D eigenvalue weighted by Gasteiger charge is 2.27. The lowest BCUT2D eigenvalue weighted by Crippen LogP contribution is -2.46. The summed E-state index contributed by atoms with van der Waals surface area (Å²) in [7, 11) is 1.84. The summed E-state index contributed by atoms with van der Waals surface area (Å²) in [5.74, 6) is -0.300. The van der Waals surface area contributed by atoms with E-state index in [1.807, 2.05) is 44.4 Å². The summed E-state index contributed by atoms with van der Waals surface area (Å²) in [6.45, 7) is 12.5. The number of hydrogen-bond donors (Lipinski definition) is 2. The van der Waals surface area contributed by atoms with Gasteiger partial charge in [-0.25, -0.2) is 14.5 Å². The zero-order valence-electron chi connectivity index (χ0n) is 18.7. The van der Waals surface area contributed by atoms with Crippen LogP contribution >= 0.6 is 0 Å². The molecule has 1 aliphatic carbocycles. The number of nitrogens with zero attached hydrogens (tertiary/aromatic N) is 2. The molecule has 0 aromatic carbocycles. The monoisotopic (exact) mass is 406 g/mol. The molecule has 162 valence electrons. The van der Waals surface area contributed by atoms with Gasteiger partial charge in [-0.1, -0.05) is 30.4 Å². The van der Waals surface area contributed by atoms with Crippen molar-refractivity contribution in [3.8, 4) is 0 Å². The molecule has 0 fully saturated rings. The molecule has 3 N–H and O–H groups in total. The van der Waals surface area contributed by atoms with Gasteiger partial charge in [0.15, 0.2) is 0 Å². The van der Waals surface area contributed by atoms with Crippen LogP contribution in [0.5, 0.6) is 0 Å². The van der Waals surface area contributed by atoms with E-state index >= 15 is 0 Å². The van der Waals surface area contributed by atoms with Crippen LogP contribution in [0.2, 0.25) is 0 Å². The maximum absolute atomic E-state index is 12.8. The summed E-state index contributed by atoms with van der Waals surface area (Å²) >= 11 is 0. The third-order valence-corrected chi connectivity index (χ3v) is 3.72. The Hall–Kier alpha value is -2.61. The number of nitrogens with two attached hydrogens (primary N) is 1. The molecule has 0 aliphatic heterocycles. The fraction of sp³-hybridized carbons (Fsp3) is 0.571. The first-order chi connectivity index (χ1) is 13.1. The lowest BCUT2D eigenvalue weighted by molar-refractivity contribution is 0.0378. The van der Waals surface area contributed by atoms with Crippen molar-refractivity contribution < 1.29 is 19.1 Å². The van der Waals surface area contributed by atoms with Gasteiger partial charge in [-0.05, 0) is 61.1 Å². The Kier molecular flexibility index (Phi) is 7.80. The van der Waals surface area contributed by atoms with Gasteiger partial charge in [0.25, 0.3) is 0 Å². The van der Waals surface area contributed by atoms with Gasteiger partial charge in [-0.3, -0.25) is 0 Å². The van der Waals surface area contributed by atoms with Crippen LogP contribution in [0.1, 0.15) is 48.5 Å². The van der Waals surface area contributed by atoms with Gasteiger partial charge >= 0.3 is 12.2 Å². The van der Waals surface area contributed by atoms with Crippen molar-refractivity contribution in [2.45, 2.75) is 65.2 Å². The minimum absolute atomic E-state index is 0.0719. The third kappa shape index (κ3) is 8.95. The second kappa shape index (κ2) is 9.26. The lowest BCUT2D eigenvalue weighted by atomic mass is 9.99. The Morgan fingerprint density at radius 3 is 2.24 bits per heavy atom. The molecule has 8 nitrogen and oxygen atoms in total. The molecule has 0 heterocycles. The first-order valence-electron chi connectivity index (χ1n) is 9.48. The molecule has 0 aromatic rings. The molecule has 2 amide bonds. The number of carbonyl (C=O) groups excluding carboxylic acids is 2. The number of nitrogens with one attached hydrogen (secondary N) is 1. The highest BCUT2D eigenvalue weighted by molar-refractivity contribution is 5.98. The average molecular weight is 407 g/mol. The van der Waals surface area contributed by atoms with Gasteiger partial charge in [0, 0.05) is 0 Å². The standard InChI is InChI=1S/C21H34N4O4/c1-19(2,3)28-17(26)24-16(22)25(18(27)29-20(4,5)6)14-15-11-9-10-12-21(7,13-15)23-8/h9-13,23H,14H2,1-8H3,(H2,22,24,26). The van der Waals surface area contributed by atoms with Crippen LogP contribution in [0.15, 0.2) is 40.9 Å². The molecule has 0 radical (unpaired) electrons. The molecule has 0 saturated carbocycles. The van der Waals surface area contributed by atoms with Gasteiger partial charge in [-0.2, -0.15) is 0 Å². The molecular weight excluding hydrogens is 372 g/mol. The molecule has 29 heavy (non-hydrogen) atoms. The molecule has 0 aromatic heterocycles. The van der Waals surface area contributed by atoms with Gasteiger partial charge < -0.3 is 20.5 Å². The Bertz CT molecular complexity index is 739. The van der Waals surface area contributed by atoms with Crippen molar-refractivity contribution in [2.24, 2.45) is 10.7 Å². The SMILES string of the molecule is CNC1(C)C=CC=CC(CN(C(=O)OC(C)(C)C)/C(N)=N/C(=O)OC(C)(C)C)=C1. The van der Waals surface area contributed by atoms with Gasteiger partial charge in [0.05, 0.1) is 12.1 Å². The number of carbonyl (C=O) groups is 2. The fourth-order valence-corrected chi connectivity index (χ4v) is 2.35. The number of ether oxygens (including phenoxy) is 2. The largest absolute Gasteiger partial charge is 0.443 e. The van der Waals surface area contributed by atoms with Crippen molar-refractivity contribution in [3.63, 3.8) is 0 Å². The van der Waals surface area contributed by atoms with E-state index in [9.17, 15) is 9.59 Å². The van der Waals surface area contributed by atoms with Crippen molar-refractivity contribution in [2.75, 3.05) is 13.6 Å². The zero-order chi connectivity index (χ0) is 22.5. The highest BCUT2D eigenvalue weighted by atomic mass is 16.6. The van der Waals surface area contributed by atoms with Crippen molar-refractivity contribution in [3.05, 3.63) is 36.0 Å². The highest BCUT2D eigenvalue weighted by Crippen LogP contribution is 2.18. The number of aliphatic imine (C=N–C) groups is 1. The summed E-state index contributed by atoms with van der Waals surface area (Å²) in [5.41, 5.74) is 4.92. The maximum Gasteiger partial charge on any atom is 0.437 e. The van der Waals surface area contributed by atoms with E-state index < -0.39 is 28.9 Å². The molecule has 1 rings (SSSR count). The van der Waals surface area contributed by atoms with Crippen LogP contribution in [0.4, 0.5) is 9.59 Å². The van der Waals surface area contributed by atoms with Crippen LogP contribution in [-0.4, -0.2) is 53.4 Å². The van der Waals surface area contributed by atoms with E-state index in [4.69, 9.17) is 15.2 Å². The van der Waals surface area contributed by atoms with E-state index in [2.05, 4.69) is 10.3 Å². The molecule has 1 aliphatic rings. The number of rotatable bonds is 3. The Balaban J connectivity index is 3.21. The second-order valence-corrected chi connectivity index (χ2v) is 8.99. The van der Waals surface area contributed by atoms with E-state index in [-0.39, 0.29) is 12.5 Å². The van der Waals surface area contributed by atoms with E-state index in [1.165, 1.54) is 0 Å². The average Bonchev–Trinajstić information content (AvgIpc) is 2.70. The smallest absolute Gasteiger partial charge is 0.437 e. The van der Waals surface area contributed by atoms with Gasteiger partial charge in [0.1, 0.15) is 11.2 Å². The number of guanidine groups is 1. The summed E-state index contributed by atoms with van der Waals surface area (Å²) in [6, 6.07) is 0. The summed E-state index contributed by atoms with van der Waals surface area (Å²) in [6.07, 6.45) is 8.00. The first-order valence-corrected chi connectivity index (χ1v) is 9.48. The van der Waals surface area contributed by atoms with E-state index in [1.54, 1.807) is 41.5 Å². The summed E-state index contributed by atoms with van der Waals surface area (Å²) in [5, 5.41) is 3.20. The molecule has 0 bridgehead atoms. The maximum atomic E-state index is 12.8. The van der Waals surface area contributed by atoms with Crippen molar-refractivity contribution >= 4 is 18.1 Å². The first kappa shape index (κ1) is 24.4. The number of allylic oxidation sites excluding steroid dienone is 2. The minimum Gasteiger partial charge on any atom is -0.443 e. The Labute approximate surface area is 173 Å². The zero-order valence-corrected chi connectivity index (χ0v) is 18.7. The van der Waals surface area contributed by atoms with Crippen LogP contribution in [-0.2, 0) is 9.47 Å². The minimum atomic E-state index is -0.879. The fourth-order valence-electron chi connectivity index (χ4n) is 2.35. The molecule has 1 atom stereocenters. The van der Waals surface area contributed by atoms with Crippen LogP contribution in [0.25, 0.3) is 0 Å². The summed E-state index contributed by atoms with van der Waals surface area (Å²) < 4.78 is 10.6. The van der Waals surface area contributed by atoms with Gasteiger partial charge in [0.2, 0.25) is 5.96 Å². The van der Waals surface area contributed by atoms with Crippen LogP contribution in [0, 0.1) is 0 Å². The van der Waals surface area contributed by atoms with Crippen LogP contribution in [0.3, 0.4) is 0 Å². The predicted octanol–water partition coefficient (Wildman–Crippen LogP) is 3.50. The molecule has 1 unspecified atom stereocenters. The molecule has 8 heteroatoms. The van der Waals surface area contributed by atoms with Crippen molar-refractivity contribution in [1.82, 2.24) is 10.2 Å². The van der Waals surface area contributed by atoms with Crippen LogP contribution < -0.4 is 11.1 Å². The van der Waals surface area contributed by atoms with E-state index in [0.29, 0.717) is 0 Å². The number of amides is 2. The Morgan fingerprint density at radius 1 is 1.14 bits per heavy atom.